The van der Waals surface area contributed by atoms with Crippen molar-refractivity contribution < 1.29 is 4.79 Å². The number of aromatic nitrogens is 6. The van der Waals surface area contributed by atoms with Crippen LogP contribution in [-0.2, 0) is 17.8 Å². The van der Waals surface area contributed by atoms with E-state index < -0.39 is 0 Å². The van der Waals surface area contributed by atoms with E-state index in [0.717, 1.165) is 48.0 Å². The monoisotopic (exact) mass is 425 g/mol. The van der Waals surface area contributed by atoms with Gasteiger partial charge in [-0.2, -0.15) is 5.10 Å². The van der Waals surface area contributed by atoms with E-state index in [1.807, 2.05) is 50.3 Å². The molecule has 3 aromatic heterocycles. The van der Waals surface area contributed by atoms with Crippen molar-refractivity contribution in [1.82, 2.24) is 34.3 Å². The van der Waals surface area contributed by atoms with Gasteiger partial charge in [0.05, 0.1) is 12.5 Å². The van der Waals surface area contributed by atoms with Crippen LogP contribution in [0.25, 0.3) is 5.65 Å². The number of H-pyrrole nitrogens is 1. The van der Waals surface area contributed by atoms with Crippen LogP contribution < -0.4 is 5.56 Å². The van der Waals surface area contributed by atoms with Crippen LogP contribution in [0.1, 0.15) is 61.2 Å². The van der Waals surface area contributed by atoms with Crippen LogP contribution in [0.4, 0.5) is 0 Å². The topological polar surface area (TPSA) is 101 Å². The van der Waals surface area contributed by atoms with Gasteiger partial charge in [0.25, 0.3) is 5.56 Å². The van der Waals surface area contributed by atoms with E-state index in [2.05, 4.69) is 20.2 Å². The van der Waals surface area contributed by atoms with Gasteiger partial charge in [-0.3, -0.25) is 14.7 Å². The van der Waals surface area contributed by atoms with Crippen LogP contribution >= 0.6 is 0 Å². The smallest absolute Gasteiger partial charge is 0.276 e. The molecule has 4 rings (SSSR count). The molecule has 0 spiro atoms. The Bertz CT molecular complexity index is 1170. The number of carbonyl (C=O) groups excluding carboxylic acids is 1. The molecule has 4 heterocycles. The molecule has 1 aliphatic rings. The van der Waals surface area contributed by atoms with Crippen molar-refractivity contribution in [2.75, 3.05) is 13.1 Å². The molecule has 1 amide bonds. The maximum atomic E-state index is 13.1. The molecule has 0 radical (unpaired) electrons. The first kappa shape index (κ1) is 21.3. The Balaban J connectivity index is 1.51. The Morgan fingerprint density at radius 3 is 2.74 bits per heavy atom. The molecule has 0 saturated carbocycles. The van der Waals surface area contributed by atoms with E-state index >= 15 is 0 Å². The third-order valence-electron chi connectivity index (χ3n) is 6.29. The summed E-state index contributed by atoms with van der Waals surface area (Å²) in [4.78, 5) is 36.8. The number of carbonyl (C=O) groups is 1. The van der Waals surface area contributed by atoms with E-state index in [1.165, 1.54) is 0 Å². The summed E-state index contributed by atoms with van der Waals surface area (Å²) < 4.78 is 3.35. The Hall–Kier alpha value is -2.97. The molecule has 0 aromatic carbocycles. The average Bonchev–Trinajstić information content (AvgIpc) is 3.30. The number of piperidine rings is 1. The Morgan fingerprint density at radius 2 is 2.06 bits per heavy atom. The van der Waals surface area contributed by atoms with Crippen LogP contribution in [0, 0.1) is 26.7 Å². The third-order valence-corrected chi connectivity index (χ3v) is 6.29. The SMILES string of the molecule is CCc1c(C)nc2cc(C3CCCN(C(=O)C(C)Cn4nc(C)nc4C)C3)[nH]n2c1=O. The number of nitrogens with zero attached hydrogens (tertiary/aromatic N) is 6. The molecule has 3 aromatic rings. The van der Waals surface area contributed by atoms with Gasteiger partial charge in [-0.25, -0.2) is 19.2 Å². The largest absolute Gasteiger partial charge is 0.342 e. The minimum Gasteiger partial charge on any atom is -0.342 e. The number of nitrogens with one attached hydrogen (secondary N) is 1. The van der Waals surface area contributed by atoms with Gasteiger partial charge in [0.1, 0.15) is 11.6 Å². The van der Waals surface area contributed by atoms with E-state index in [-0.39, 0.29) is 23.3 Å². The highest BCUT2D eigenvalue weighted by atomic mass is 16.2. The van der Waals surface area contributed by atoms with Crippen molar-refractivity contribution in [2.45, 2.75) is 66.3 Å². The lowest BCUT2D eigenvalue weighted by atomic mass is 9.94. The van der Waals surface area contributed by atoms with Crippen LogP contribution in [0.5, 0.6) is 0 Å². The predicted molar refractivity (Wildman–Crippen MR) is 117 cm³/mol. The summed E-state index contributed by atoms with van der Waals surface area (Å²) in [6, 6.07) is 1.96. The minimum atomic E-state index is -0.180. The van der Waals surface area contributed by atoms with Gasteiger partial charge < -0.3 is 4.90 Å². The number of aryl methyl sites for hydroxylation is 3. The number of aromatic amines is 1. The fourth-order valence-corrected chi connectivity index (χ4v) is 4.62. The highest BCUT2D eigenvalue weighted by molar-refractivity contribution is 5.78. The fourth-order valence-electron chi connectivity index (χ4n) is 4.62. The lowest BCUT2D eigenvalue weighted by Crippen LogP contribution is -2.42. The van der Waals surface area contributed by atoms with Crippen LogP contribution in [0.15, 0.2) is 10.9 Å². The number of hydrogen-bond acceptors (Lipinski definition) is 5. The standard InChI is InChI=1S/C22H31N7O2/c1-6-18-14(3)23-20-10-19(26-29(20)22(18)31)17-8-7-9-27(12-17)21(30)13(2)11-28-16(5)24-15(4)25-28/h10,13,17,26H,6-9,11-12H2,1-5H3. The summed E-state index contributed by atoms with van der Waals surface area (Å²) in [6.45, 7) is 11.5. The zero-order valence-electron chi connectivity index (χ0n) is 19.0. The number of fused-ring (bicyclic) bond motifs is 1. The van der Waals surface area contributed by atoms with Gasteiger partial charge in [0.2, 0.25) is 5.91 Å². The van der Waals surface area contributed by atoms with Gasteiger partial charge in [0.15, 0.2) is 5.65 Å². The lowest BCUT2D eigenvalue weighted by Gasteiger charge is -2.34. The van der Waals surface area contributed by atoms with Crippen molar-refractivity contribution in [3.8, 4) is 0 Å². The minimum absolute atomic E-state index is 0.0351. The molecule has 1 fully saturated rings. The molecule has 1 aliphatic heterocycles. The average molecular weight is 426 g/mol. The normalized spacial score (nSPS) is 18.0. The van der Waals surface area contributed by atoms with Crippen LogP contribution in [0.3, 0.4) is 0 Å². The van der Waals surface area contributed by atoms with E-state index in [9.17, 15) is 9.59 Å². The Kier molecular flexibility index (Phi) is 5.68. The second kappa shape index (κ2) is 8.28. The van der Waals surface area contributed by atoms with Crippen molar-refractivity contribution in [2.24, 2.45) is 5.92 Å². The molecular weight excluding hydrogens is 394 g/mol. The molecule has 2 unspecified atom stereocenters. The van der Waals surface area contributed by atoms with E-state index in [4.69, 9.17) is 0 Å². The van der Waals surface area contributed by atoms with Gasteiger partial charge in [0, 0.05) is 42.0 Å². The van der Waals surface area contributed by atoms with Gasteiger partial charge in [-0.15, -0.1) is 0 Å². The summed E-state index contributed by atoms with van der Waals surface area (Å²) in [5, 5.41) is 7.64. The third kappa shape index (κ3) is 4.00. The summed E-state index contributed by atoms with van der Waals surface area (Å²) in [6.07, 6.45) is 2.56. The van der Waals surface area contributed by atoms with Crippen LogP contribution in [0.2, 0.25) is 0 Å². The number of likely N-dealkylation sites (tertiary alicyclic amines) is 1. The summed E-state index contributed by atoms with van der Waals surface area (Å²) in [7, 11) is 0. The summed E-state index contributed by atoms with van der Waals surface area (Å²) in [5.74, 6) is 1.66. The predicted octanol–water partition coefficient (Wildman–Crippen LogP) is 2.14. The zero-order valence-corrected chi connectivity index (χ0v) is 19.0. The van der Waals surface area contributed by atoms with E-state index in [0.29, 0.717) is 25.2 Å². The number of hydrogen-bond donors (Lipinski definition) is 1. The summed E-state index contributed by atoms with van der Waals surface area (Å²) >= 11 is 0. The van der Waals surface area contributed by atoms with Crippen molar-refractivity contribution in [1.29, 1.82) is 0 Å². The molecule has 2 atom stereocenters. The van der Waals surface area contributed by atoms with Crippen molar-refractivity contribution in [3.63, 3.8) is 0 Å². The van der Waals surface area contributed by atoms with Crippen LogP contribution in [-0.4, -0.2) is 53.3 Å². The fraction of sp³-hybridized carbons (Fsp3) is 0.591. The second-order valence-electron chi connectivity index (χ2n) is 8.65. The molecule has 1 saturated heterocycles. The Morgan fingerprint density at radius 1 is 1.29 bits per heavy atom. The molecular formula is C22H31N7O2. The quantitative estimate of drug-likeness (QED) is 0.675. The zero-order chi connectivity index (χ0) is 22.3. The second-order valence-corrected chi connectivity index (χ2v) is 8.65. The maximum absolute atomic E-state index is 13.1. The highest BCUT2D eigenvalue weighted by Gasteiger charge is 2.29. The van der Waals surface area contributed by atoms with Crippen molar-refractivity contribution >= 4 is 11.6 Å². The molecule has 31 heavy (non-hydrogen) atoms. The highest BCUT2D eigenvalue weighted by Crippen LogP contribution is 2.27. The molecule has 166 valence electrons. The van der Waals surface area contributed by atoms with Gasteiger partial charge in [-0.05, 0) is 40.0 Å². The van der Waals surface area contributed by atoms with Gasteiger partial charge >= 0.3 is 0 Å². The van der Waals surface area contributed by atoms with E-state index in [1.54, 1.807) is 4.52 Å². The number of rotatable bonds is 5. The summed E-state index contributed by atoms with van der Waals surface area (Å²) in [5.41, 5.74) is 3.09. The molecule has 0 aliphatic carbocycles. The van der Waals surface area contributed by atoms with Gasteiger partial charge in [-0.1, -0.05) is 13.8 Å². The first-order valence-corrected chi connectivity index (χ1v) is 11.1. The molecule has 9 nitrogen and oxygen atoms in total. The van der Waals surface area contributed by atoms with Crippen molar-refractivity contribution in [3.05, 3.63) is 45.0 Å². The molecule has 1 N–H and O–H groups in total. The lowest BCUT2D eigenvalue weighted by molar-refractivity contribution is -0.136. The first-order chi connectivity index (χ1) is 14.8. The Labute approximate surface area is 181 Å². The first-order valence-electron chi connectivity index (χ1n) is 11.1. The maximum Gasteiger partial charge on any atom is 0.276 e. The molecule has 0 bridgehead atoms. The molecule has 9 heteroatoms. The number of amides is 1.